The van der Waals surface area contributed by atoms with Crippen LogP contribution in [0.25, 0.3) is 5.57 Å². The maximum atomic E-state index is 11.7. The van der Waals surface area contributed by atoms with Gasteiger partial charge in [0.15, 0.2) is 0 Å². The molecule has 0 aliphatic carbocycles. The van der Waals surface area contributed by atoms with Crippen molar-refractivity contribution < 1.29 is 9.53 Å². The summed E-state index contributed by atoms with van der Waals surface area (Å²) in [7, 11) is 0. The van der Waals surface area contributed by atoms with Crippen LogP contribution in [0.1, 0.15) is 25.8 Å². The number of cyclic esters (lactones) is 1. The smallest absolute Gasteiger partial charge is 0.335 e. The Morgan fingerprint density at radius 1 is 1.35 bits per heavy atom. The molecule has 0 fully saturated rings. The highest BCUT2D eigenvalue weighted by molar-refractivity contribution is 6.03. The van der Waals surface area contributed by atoms with E-state index in [0.717, 1.165) is 11.1 Å². The molecule has 0 saturated carbocycles. The van der Waals surface area contributed by atoms with Crippen molar-refractivity contribution in [2.75, 3.05) is 0 Å². The lowest BCUT2D eigenvalue weighted by Gasteiger charge is -2.25. The van der Waals surface area contributed by atoms with Crippen molar-refractivity contribution in [3.8, 4) is 0 Å². The number of ether oxygens (including phenoxy) is 1. The van der Waals surface area contributed by atoms with Crippen molar-refractivity contribution in [1.29, 1.82) is 0 Å². The van der Waals surface area contributed by atoms with E-state index in [1.54, 1.807) is 6.08 Å². The summed E-state index contributed by atoms with van der Waals surface area (Å²) in [6.07, 6.45) is 2.41. The molecule has 2 nitrogen and oxygen atoms in total. The van der Waals surface area contributed by atoms with Crippen molar-refractivity contribution in [3.05, 3.63) is 54.1 Å². The Morgan fingerprint density at radius 2 is 2.00 bits per heavy atom. The number of hydrogen-bond acceptors (Lipinski definition) is 2. The van der Waals surface area contributed by atoms with E-state index in [2.05, 4.69) is 6.58 Å². The molecule has 1 heterocycles. The molecule has 17 heavy (non-hydrogen) atoms. The summed E-state index contributed by atoms with van der Waals surface area (Å²) in [6.45, 7) is 7.49. The van der Waals surface area contributed by atoms with Crippen LogP contribution in [0.3, 0.4) is 0 Å². The molecule has 2 heteroatoms. The number of esters is 1. The molecule has 1 aromatic rings. The molecular weight excluding hydrogens is 212 g/mol. The van der Waals surface area contributed by atoms with Crippen LogP contribution in [-0.2, 0) is 9.53 Å². The van der Waals surface area contributed by atoms with Crippen molar-refractivity contribution in [3.63, 3.8) is 0 Å². The lowest BCUT2D eigenvalue weighted by Crippen LogP contribution is -2.26. The summed E-state index contributed by atoms with van der Waals surface area (Å²) in [5, 5.41) is 0. The lowest BCUT2D eigenvalue weighted by atomic mass is 9.86. The van der Waals surface area contributed by atoms with Gasteiger partial charge in [0.1, 0.15) is 5.60 Å². The van der Waals surface area contributed by atoms with Crippen molar-refractivity contribution >= 4 is 11.5 Å². The van der Waals surface area contributed by atoms with Gasteiger partial charge in [0, 0.05) is 17.6 Å². The van der Waals surface area contributed by atoms with Crippen LogP contribution in [0.15, 0.2) is 48.6 Å². The third-order valence-electron chi connectivity index (χ3n) is 3.12. The van der Waals surface area contributed by atoms with Crippen LogP contribution >= 0.6 is 0 Å². The fourth-order valence-corrected chi connectivity index (χ4v) is 2.38. The van der Waals surface area contributed by atoms with Crippen LogP contribution < -0.4 is 0 Å². The number of hydrogen-bond donors (Lipinski definition) is 0. The van der Waals surface area contributed by atoms with E-state index in [-0.39, 0.29) is 5.97 Å². The van der Waals surface area contributed by atoms with Gasteiger partial charge in [-0.3, -0.25) is 0 Å². The van der Waals surface area contributed by atoms with E-state index in [1.807, 2.05) is 44.2 Å². The van der Waals surface area contributed by atoms with E-state index in [0.29, 0.717) is 12.0 Å². The summed E-state index contributed by atoms with van der Waals surface area (Å²) < 4.78 is 5.48. The number of carbonyl (C=O) groups excluding carboxylic acids is 1. The third-order valence-corrected chi connectivity index (χ3v) is 3.12. The molecule has 0 radical (unpaired) electrons. The molecule has 0 saturated heterocycles. The first-order chi connectivity index (χ1) is 8.08. The Labute approximate surface area is 102 Å². The maximum absolute atomic E-state index is 11.7. The Balaban J connectivity index is 2.54. The summed E-state index contributed by atoms with van der Waals surface area (Å²) in [6, 6.07) is 9.89. The number of benzene rings is 1. The maximum Gasteiger partial charge on any atom is 0.335 e. The average molecular weight is 228 g/mol. The molecule has 1 atom stereocenters. The Hall–Kier alpha value is -1.83. The van der Waals surface area contributed by atoms with Gasteiger partial charge in [-0.1, -0.05) is 36.4 Å². The fraction of sp³-hybridized carbons (Fsp3) is 0.267. The van der Waals surface area contributed by atoms with Gasteiger partial charge >= 0.3 is 5.97 Å². The van der Waals surface area contributed by atoms with Crippen LogP contribution in [-0.4, -0.2) is 11.6 Å². The zero-order valence-electron chi connectivity index (χ0n) is 10.2. The largest absolute Gasteiger partial charge is 0.451 e. The molecule has 0 bridgehead atoms. The van der Waals surface area contributed by atoms with Crippen LogP contribution in [0.5, 0.6) is 0 Å². The first-order valence-electron chi connectivity index (χ1n) is 5.69. The highest BCUT2D eigenvalue weighted by Gasteiger charge is 2.41. The molecule has 1 aliphatic rings. The molecule has 0 amide bonds. The Morgan fingerprint density at radius 3 is 2.59 bits per heavy atom. The minimum absolute atomic E-state index is 0.229. The second-order valence-corrected chi connectivity index (χ2v) is 4.48. The minimum Gasteiger partial charge on any atom is -0.451 e. The van der Waals surface area contributed by atoms with Gasteiger partial charge in [0.2, 0.25) is 0 Å². The van der Waals surface area contributed by atoms with Crippen molar-refractivity contribution in [2.24, 2.45) is 0 Å². The van der Waals surface area contributed by atoms with Gasteiger partial charge in [-0.05, 0) is 19.4 Å². The van der Waals surface area contributed by atoms with Gasteiger partial charge < -0.3 is 4.74 Å². The topological polar surface area (TPSA) is 26.3 Å². The lowest BCUT2D eigenvalue weighted by molar-refractivity contribution is -0.144. The van der Waals surface area contributed by atoms with Crippen LogP contribution in [0.2, 0.25) is 0 Å². The Bertz CT molecular complexity index is 485. The summed E-state index contributed by atoms with van der Waals surface area (Å²) in [4.78, 5) is 11.7. The average Bonchev–Trinajstić information content (AvgIpc) is 2.51. The van der Waals surface area contributed by atoms with E-state index in [9.17, 15) is 4.79 Å². The molecule has 0 aromatic heterocycles. The van der Waals surface area contributed by atoms with Crippen molar-refractivity contribution in [2.45, 2.75) is 25.9 Å². The van der Waals surface area contributed by atoms with E-state index >= 15 is 0 Å². The molecule has 1 aromatic carbocycles. The van der Waals surface area contributed by atoms with E-state index in [4.69, 9.17) is 4.74 Å². The van der Waals surface area contributed by atoms with Crippen molar-refractivity contribution in [1.82, 2.24) is 0 Å². The highest BCUT2D eigenvalue weighted by atomic mass is 16.6. The zero-order chi connectivity index (χ0) is 12.5. The minimum atomic E-state index is -0.579. The number of rotatable bonds is 3. The van der Waals surface area contributed by atoms with Gasteiger partial charge in [0.05, 0.1) is 0 Å². The summed E-state index contributed by atoms with van der Waals surface area (Å²) in [5.74, 6) is -0.229. The normalized spacial score (nSPS) is 23.8. The third kappa shape index (κ3) is 1.91. The highest BCUT2D eigenvalue weighted by Crippen LogP contribution is 2.41. The van der Waals surface area contributed by atoms with Gasteiger partial charge in [-0.15, -0.1) is 6.58 Å². The van der Waals surface area contributed by atoms with Crippen LogP contribution in [0.4, 0.5) is 0 Å². The molecule has 2 rings (SSSR count). The molecule has 1 unspecified atom stereocenters. The first kappa shape index (κ1) is 11.6. The molecule has 0 spiro atoms. The quantitative estimate of drug-likeness (QED) is 0.585. The van der Waals surface area contributed by atoms with Gasteiger partial charge in [-0.25, -0.2) is 4.79 Å². The van der Waals surface area contributed by atoms with Gasteiger partial charge in [-0.2, -0.15) is 0 Å². The zero-order valence-corrected chi connectivity index (χ0v) is 10.2. The monoisotopic (exact) mass is 228 g/mol. The second-order valence-electron chi connectivity index (χ2n) is 4.48. The SMILES string of the molecule is C=CCC1(C)OC(=O)C(C)=C1c1ccccc1. The summed E-state index contributed by atoms with van der Waals surface area (Å²) in [5.41, 5.74) is 2.13. The molecule has 1 aliphatic heterocycles. The van der Waals surface area contributed by atoms with Gasteiger partial charge in [0.25, 0.3) is 0 Å². The van der Waals surface area contributed by atoms with E-state index in [1.165, 1.54) is 0 Å². The second kappa shape index (κ2) is 4.21. The van der Waals surface area contributed by atoms with Crippen LogP contribution in [0, 0.1) is 0 Å². The fourth-order valence-electron chi connectivity index (χ4n) is 2.38. The molecular formula is C15H16O2. The summed E-state index contributed by atoms with van der Waals surface area (Å²) >= 11 is 0. The molecule has 0 N–H and O–H groups in total. The number of carbonyl (C=O) groups is 1. The predicted molar refractivity (Wildman–Crippen MR) is 68.3 cm³/mol. The molecule has 88 valence electrons. The first-order valence-corrected chi connectivity index (χ1v) is 5.69. The Kier molecular flexibility index (Phi) is 2.88. The predicted octanol–water partition coefficient (Wildman–Crippen LogP) is 3.35. The van der Waals surface area contributed by atoms with E-state index < -0.39 is 5.60 Å². The standard InChI is InChI=1S/C15H16O2/c1-4-10-15(3)13(11(2)14(16)17-15)12-8-6-5-7-9-12/h4-9H,1,10H2,2-3H3.